The predicted molar refractivity (Wildman–Crippen MR) is 138 cm³/mol. The Morgan fingerprint density at radius 3 is 2.31 bits per heavy atom. The molecule has 184 valence electrons. The first-order valence-corrected chi connectivity index (χ1v) is 11.8. The van der Waals surface area contributed by atoms with E-state index >= 15 is 0 Å². The molecule has 3 aromatic rings. The molecule has 4 N–H and O–H groups in total. The number of aryl methyl sites for hydroxylation is 1. The smallest absolute Gasteiger partial charge is 0.290 e. The van der Waals surface area contributed by atoms with Gasteiger partial charge in [-0.1, -0.05) is 44.0 Å². The summed E-state index contributed by atoms with van der Waals surface area (Å²) in [6.45, 7) is 6.38. The number of unbranched alkanes of at least 4 members (excludes halogenated alkanes) is 1. The van der Waals surface area contributed by atoms with Gasteiger partial charge in [0.15, 0.2) is 0 Å². The van der Waals surface area contributed by atoms with E-state index in [1.165, 1.54) is 19.3 Å². The number of hydrogen-bond donors (Lipinski definition) is 3. The first-order chi connectivity index (χ1) is 16.9. The van der Waals surface area contributed by atoms with Crippen molar-refractivity contribution in [2.75, 3.05) is 23.7 Å². The van der Waals surface area contributed by atoms with Crippen LogP contribution in [0.15, 0.2) is 54.6 Å². The molecule has 1 aromatic heterocycles. The van der Waals surface area contributed by atoms with E-state index in [9.17, 15) is 4.79 Å². The molecule has 0 saturated carbocycles. The van der Waals surface area contributed by atoms with Gasteiger partial charge < -0.3 is 21.1 Å². The van der Waals surface area contributed by atoms with E-state index in [0.717, 1.165) is 53.2 Å². The van der Waals surface area contributed by atoms with Crippen LogP contribution in [0.25, 0.3) is 11.1 Å². The van der Waals surface area contributed by atoms with Crippen LogP contribution in [0, 0.1) is 12.8 Å². The van der Waals surface area contributed by atoms with Crippen LogP contribution in [0.2, 0.25) is 0 Å². The molecule has 8 nitrogen and oxygen atoms in total. The molecule has 1 aliphatic rings. The average Bonchev–Trinajstić information content (AvgIpc) is 2.82. The third kappa shape index (κ3) is 7.27. The van der Waals surface area contributed by atoms with Crippen molar-refractivity contribution in [1.29, 1.82) is 0 Å². The van der Waals surface area contributed by atoms with Crippen molar-refractivity contribution in [1.82, 2.24) is 15.3 Å². The average molecular weight is 476 g/mol. The van der Waals surface area contributed by atoms with Crippen molar-refractivity contribution in [2.24, 2.45) is 5.92 Å². The second kappa shape index (κ2) is 12.5. The van der Waals surface area contributed by atoms with Crippen LogP contribution in [0.1, 0.15) is 48.1 Å². The van der Waals surface area contributed by atoms with E-state index in [1.807, 2.05) is 61.5 Å². The number of nitrogens with one attached hydrogen (secondary N) is 1. The maximum Gasteiger partial charge on any atom is 0.290 e. The lowest BCUT2D eigenvalue weighted by atomic mass is 9.94. The van der Waals surface area contributed by atoms with Gasteiger partial charge in [-0.2, -0.15) is 0 Å². The maximum absolute atomic E-state index is 12.6. The largest absolute Gasteiger partial charge is 0.483 e. The van der Waals surface area contributed by atoms with E-state index in [0.29, 0.717) is 12.1 Å². The van der Waals surface area contributed by atoms with Gasteiger partial charge in [-0.25, -0.2) is 9.97 Å². The Morgan fingerprint density at radius 2 is 1.71 bits per heavy atom. The molecule has 8 heteroatoms. The van der Waals surface area contributed by atoms with Crippen molar-refractivity contribution in [3.63, 3.8) is 0 Å². The van der Waals surface area contributed by atoms with Gasteiger partial charge in [-0.05, 0) is 54.7 Å². The van der Waals surface area contributed by atoms with E-state index in [2.05, 4.69) is 27.1 Å². The molecular formula is C27H33N5O3. The van der Waals surface area contributed by atoms with Crippen molar-refractivity contribution in [3.05, 3.63) is 71.7 Å². The quantitative estimate of drug-likeness (QED) is 0.328. The number of benzene rings is 2. The van der Waals surface area contributed by atoms with Crippen molar-refractivity contribution in [2.45, 2.75) is 39.7 Å². The number of aromatic nitrogens is 2. The number of hydrogen-bond acceptors (Lipinski definition) is 6. The standard InChI is InChI=1S/C26H31N5O.CH2O2/c1-3-4-5-19-16-31(17-19)25-14-24(29-18(2)30-25)15-28-26(32)22-8-6-20(7-9-22)21-10-12-23(27)13-11-21;2-1-3/h6-14,19H,3-5,15-17,27H2,1-2H3,(H,28,32);1H,(H,2,3). The molecule has 2 aromatic carbocycles. The fourth-order valence-corrected chi connectivity index (χ4v) is 4.06. The lowest BCUT2D eigenvalue weighted by Gasteiger charge is -2.40. The first-order valence-electron chi connectivity index (χ1n) is 11.8. The van der Waals surface area contributed by atoms with Gasteiger partial charge in [-0.3, -0.25) is 9.59 Å². The van der Waals surface area contributed by atoms with Gasteiger partial charge in [-0.15, -0.1) is 0 Å². The number of carboxylic acid groups (broad SMARTS) is 1. The molecule has 0 atom stereocenters. The van der Waals surface area contributed by atoms with E-state index < -0.39 is 0 Å². The Kier molecular flexibility index (Phi) is 9.17. The molecular weight excluding hydrogens is 442 g/mol. The molecule has 35 heavy (non-hydrogen) atoms. The van der Waals surface area contributed by atoms with Crippen LogP contribution in [0.5, 0.6) is 0 Å². The number of carbonyl (C=O) groups is 2. The minimum Gasteiger partial charge on any atom is -0.483 e. The third-order valence-electron chi connectivity index (χ3n) is 5.95. The second-order valence-corrected chi connectivity index (χ2v) is 8.67. The highest BCUT2D eigenvalue weighted by molar-refractivity contribution is 5.94. The number of rotatable bonds is 8. The molecule has 0 aliphatic carbocycles. The zero-order chi connectivity index (χ0) is 25.2. The molecule has 0 spiro atoms. The van der Waals surface area contributed by atoms with Gasteiger partial charge in [0.25, 0.3) is 12.4 Å². The summed E-state index contributed by atoms with van der Waals surface area (Å²) in [5, 5.41) is 9.87. The first kappa shape index (κ1) is 25.7. The zero-order valence-corrected chi connectivity index (χ0v) is 20.3. The Bertz CT molecular complexity index is 1110. The number of nitrogen functional groups attached to an aromatic ring is 1. The highest BCUT2D eigenvalue weighted by Crippen LogP contribution is 2.27. The highest BCUT2D eigenvalue weighted by atomic mass is 16.3. The lowest BCUT2D eigenvalue weighted by Crippen LogP contribution is -2.47. The topological polar surface area (TPSA) is 121 Å². The molecule has 0 radical (unpaired) electrons. The van der Waals surface area contributed by atoms with Crippen molar-refractivity contribution >= 4 is 23.9 Å². The van der Waals surface area contributed by atoms with Crippen molar-refractivity contribution in [3.8, 4) is 11.1 Å². The van der Waals surface area contributed by atoms with E-state index in [4.69, 9.17) is 15.6 Å². The monoisotopic (exact) mass is 475 g/mol. The molecule has 1 fully saturated rings. The van der Waals surface area contributed by atoms with Crippen molar-refractivity contribution < 1.29 is 14.7 Å². The number of nitrogens with two attached hydrogens (primary N) is 1. The highest BCUT2D eigenvalue weighted by Gasteiger charge is 2.27. The number of amides is 1. The second-order valence-electron chi connectivity index (χ2n) is 8.67. The van der Waals surface area contributed by atoms with Crippen LogP contribution in [0.4, 0.5) is 11.5 Å². The Balaban J connectivity index is 0.00000108. The number of anilines is 2. The summed E-state index contributed by atoms with van der Waals surface area (Å²) in [4.78, 5) is 32.4. The van der Waals surface area contributed by atoms with E-state index in [-0.39, 0.29) is 12.4 Å². The van der Waals surface area contributed by atoms with Crippen LogP contribution in [-0.4, -0.2) is 40.5 Å². The van der Waals surface area contributed by atoms with Crippen LogP contribution >= 0.6 is 0 Å². The third-order valence-corrected chi connectivity index (χ3v) is 5.95. The zero-order valence-electron chi connectivity index (χ0n) is 20.3. The SMILES string of the molecule is CCCCC1CN(c2cc(CNC(=O)c3ccc(-c4ccc(N)cc4)cc3)nc(C)n2)C1.O=CO. The molecule has 0 bridgehead atoms. The molecule has 1 saturated heterocycles. The molecule has 1 amide bonds. The van der Waals surface area contributed by atoms with Gasteiger partial charge in [0, 0.05) is 30.4 Å². The maximum atomic E-state index is 12.6. The summed E-state index contributed by atoms with van der Waals surface area (Å²) in [7, 11) is 0. The van der Waals surface area contributed by atoms with Gasteiger partial charge in [0.2, 0.25) is 0 Å². The summed E-state index contributed by atoms with van der Waals surface area (Å²) in [6.07, 6.45) is 3.83. The lowest BCUT2D eigenvalue weighted by molar-refractivity contribution is -0.122. The normalized spacial score (nSPS) is 12.8. The van der Waals surface area contributed by atoms with Crippen LogP contribution < -0.4 is 16.0 Å². The van der Waals surface area contributed by atoms with Gasteiger partial charge in [0.05, 0.1) is 12.2 Å². The fourth-order valence-electron chi connectivity index (χ4n) is 4.06. The van der Waals surface area contributed by atoms with Gasteiger partial charge in [0.1, 0.15) is 11.6 Å². The predicted octanol–water partition coefficient (Wildman–Crippen LogP) is 4.29. The van der Waals surface area contributed by atoms with Crippen LogP contribution in [0.3, 0.4) is 0 Å². The summed E-state index contributed by atoms with van der Waals surface area (Å²) in [6, 6.07) is 17.3. The summed E-state index contributed by atoms with van der Waals surface area (Å²) in [5.74, 6) is 2.35. The molecule has 2 heterocycles. The Hall–Kier alpha value is -3.94. The molecule has 0 unspecified atom stereocenters. The fraction of sp³-hybridized carbons (Fsp3) is 0.333. The molecule has 1 aliphatic heterocycles. The minimum absolute atomic E-state index is 0.116. The summed E-state index contributed by atoms with van der Waals surface area (Å²) < 4.78 is 0. The summed E-state index contributed by atoms with van der Waals surface area (Å²) >= 11 is 0. The van der Waals surface area contributed by atoms with Gasteiger partial charge >= 0.3 is 0 Å². The number of nitrogens with zero attached hydrogens (tertiary/aromatic N) is 3. The summed E-state index contributed by atoms with van der Waals surface area (Å²) in [5.41, 5.74) is 10.1. The Morgan fingerprint density at radius 1 is 1.11 bits per heavy atom. The van der Waals surface area contributed by atoms with E-state index in [1.54, 1.807) is 0 Å². The van der Waals surface area contributed by atoms with Crippen LogP contribution in [-0.2, 0) is 11.3 Å². The molecule has 4 rings (SSSR count). The number of carbonyl (C=O) groups excluding carboxylic acids is 1. The minimum atomic E-state index is -0.250. The Labute approximate surface area is 206 Å².